The quantitative estimate of drug-likeness (QED) is 0.852. The Bertz CT molecular complexity index is 313. The molecule has 1 aliphatic heterocycles. The molecule has 2 aliphatic rings. The lowest BCUT2D eigenvalue weighted by Gasteiger charge is -2.45. The van der Waals surface area contributed by atoms with Crippen LogP contribution in [-0.4, -0.2) is 48.3 Å². The van der Waals surface area contributed by atoms with Gasteiger partial charge in [0.2, 0.25) is 0 Å². The van der Waals surface area contributed by atoms with Crippen molar-refractivity contribution in [2.45, 2.75) is 64.0 Å². The molecule has 1 unspecified atom stereocenters. The zero-order chi connectivity index (χ0) is 13.9. The van der Waals surface area contributed by atoms with Gasteiger partial charge in [-0.1, -0.05) is 6.92 Å². The number of aliphatic carboxylic acids is 1. The summed E-state index contributed by atoms with van der Waals surface area (Å²) in [5.41, 5.74) is -0.504. The molecule has 0 aromatic heterocycles. The number of ether oxygens (including phenoxy) is 1. The van der Waals surface area contributed by atoms with Crippen molar-refractivity contribution >= 4 is 5.97 Å². The highest BCUT2D eigenvalue weighted by Gasteiger charge is 2.42. The van der Waals surface area contributed by atoms with Gasteiger partial charge >= 0.3 is 5.97 Å². The average molecular weight is 269 g/mol. The predicted molar refractivity (Wildman–Crippen MR) is 74.2 cm³/mol. The van der Waals surface area contributed by atoms with Crippen LogP contribution in [0.2, 0.25) is 0 Å². The number of rotatable bonds is 4. The molecule has 1 heterocycles. The van der Waals surface area contributed by atoms with Crippen LogP contribution in [0.5, 0.6) is 0 Å². The number of likely N-dealkylation sites (tertiary alicyclic amines) is 1. The van der Waals surface area contributed by atoms with Gasteiger partial charge in [0, 0.05) is 19.7 Å². The summed E-state index contributed by atoms with van der Waals surface area (Å²) < 4.78 is 5.41. The van der Waals surface area contributed by atoms with E-state index in [0.717, 1.165) is 58.0 Å². The fourth-order valence-corrected chi connectivity index (χ4v) is 3.74. The van der Waals surface area contributed by atoms with E-state index in [4.69, 9.17) is 4.74 Å². The number of carboxylic acids is 1. The van der Waals surface area contributed by atoms with Crippen LogP contribution < -0.4 is 0 Å². The largest absolute Gasteiger partial charge is 0.481 e. The van der Waals surface area contributed by atoms with Gasteiger partial charge in [-0.15, -0.1) is 0 Å². The minimum absolute atomic E-state index is 0.413. The van der Waals surface area contributed by atoms with Crippen LogP contribution in [0.25, 0.3) is 0 Å². The van der Waals surface area contributed by atoms with E-state index in [0.29, 0.717) is 12.1 Å². The van der Waals surface area contributed by atoms with Gasteiger partial charge < -0.3 is 9.84 Å². The maximum absolute atomic E-state index is 11.6. The number of carbonyl (C=O) groups is 1. The number of nitrogens with zero attached hydrogens (tertiary/aromatic N) is 1. The third-order valence-corrected chi connectivity index (χ3v) is 5.23. The molecule has 19 heavy (non-hydrogen) atoms. The van der Waals surface area contributed by atoms with Crippen LogP contribution in [0.1, 0.15) is 51.9 Å². The Labute approximate surface area is 116 Å². The minimum Gasteiger partial charge on any atom is -0.481 e. The monoisotopic (exact) mass is 269 g/mol. The number of hydrogen-bond donors (Lipinski definition) is 1. The molecule has 4 heteroatoms. The van der Waals surface area contributed by atoms with Gasteiger partial charge in [-0.2, -0.15) is 0 Å². The molecular formula is C15H27NO3. The van der Waals surface area contributed by atoms with Gasteiger partial charge in [0.1, 0.15) is 0 Å². The lowest BCUT2D eigenvalue weighted by Crippen LogP contribution is -2.52. The van der Waals surface area contributed by atoms with E-state index in [1.54, 1.807) is 7.11 Å². The zero-order valence-corrected chi connectivity index (χ0v) is 12.2. The molecule has 1 N–H and O–H groups in total. The van der Waals surface area contributed by atoms with Crippen LogP contribution in [-0.2, 0) is 9.53 Å². The van der Waals surface area contributed by atoms with Crippen LogP contribution in [0.3, 0.4) is 0 Å². The topological polar surface area (TPSA) is 49.8 Å². The molecule has 1 atom stereocenters. The second-order valence-corrected chi connectivity index (χ2v) is 6.18. The Balaban J connectivity index is 1.96. The first-order chi connectivity index (χ1) is 9.11. The molecule has 0 aromatic rings. The average Bonchev–Trinajstić information content (AvgIpc) is 2.47. The second kappa shape index (κ2) is 6.23. The van der Waals surface area contributed by atoms with Crippen molar-refractivity contribution < 1.29 is 14.6 Å². The lowest BCUT2D eigenvalue weighted by molar-refractivity contribution is -0.154. The van der Waals surface area contributed by atoms with Crippen molar-refractivity contribution in [3.8, 4) is 0 Å². The van der Waals surface area contributed by atoms with Gasteiger partial charge in [-0.05, 0) is 51.5 Å². The predicted octanol–water partition coefficient (Wildman–Crippen LogP) is 2.52. The first-order valence-corrected chi connectivity index (χ1v) is 7.61. The normalized spacial score (nSPS) is 37.2. The molecule has 0 aromatic carbocycles. The molecule has 0 radical (unpaired) electrons. The maximum atomic E-state index is 11.6. The van der Waals surface area contributed by atoms with E-state index in [2.05, 4.69) is 4.90 Å². The standard InChI is InChI=1S/C15H27NO3/c1-3-15(14(17)18)9-4-10-16(11-15)12-5-7-13(19-2)8-6-12/h12-13H,3-11H2,1-2H3,(H,17,18). The van der Waals surface area contributed by atoms with Crippen molar-refractivity contribution in [2.75, 3.05) is 20.2 Å². The van der Waals surface area contributed by atoms with Crippen molar-refractivity contribution in [3.05, 3.63) is 0 Å². The molecule has 0 bridgehead atoms. The van der Waals surface area contributed by atoms with Crippen LogP contribution in [0, 0.1) is 5.41 Å². The van der Waals surface area contributed by atoms with E-state index in [9.17, 15) is 9.90 Å². The molecule has 110 valence electrons. The summed E-state index contributed by atoms with van der Waals surface area (Å²) in [6, 6.07) is 0.567. The fraction of sp³-hybridized carbons (Fsp3) is 0.933. The molecule has 1 aliphatic carbocycles. The van der Waals surface area contributed by atoms with Gasteiger partial charge in [0.05, 0.1) is 11.5 Å². The lowest BCUT2D eigenvalue weighted by atomic mass is 9.76. The summed E-state index contributed by atoms with van der Waals surface area (Å²) in [7, 11) is 1.79. The van der Waals surface area contributed by atoms with Crippen LogP contribution >= 0.6 is 0 Å². The maximum Gasteiger partial charge on any atom is 0.310 e. The Kier molecular flexibility index (Phi) is 4.85. The first kappa shape index (κ1) is 14.8. The Morgan fingerprint density at radius 2 is 2.05 bits per heavy atom. The van der Waals surface area contributed by atoms with E-state index >= 15 is 0 Å². The molecule has 1 saturated heterocycles. The third-order valence-electron chi connectivity index (χ3n) is 5.23. The second-order valence-electron chi connectivity index (χ2n) is 6.18. The smallest absolute Gasteiger partial charge is 0.310 e. The molecule has 1 saturated carbocycles. The number of piperidine rings is 1. The van der Waals surface area contributed by atoms with Gasteiger partial charge in [-0.3, -0.25) is 9.69 Å². The van der Waals surface area contributed by atoms with Gasteiger partial charge in [0.15, 0.2) is 0 Å². The molecule has 0 amide bonds. The highest BCUT2D eigenvalue weighted by Crippen LogP contribution is 2.36. The number of methoxy groups -OCH3 is 1. The van der Waals surface area contributed by atoms with Gasteiger partial charge in [0.25, 0.3) is 0 Å². The van der Waals surface area contributed by atoms with Crippen molar-refractivity contribution in [1.29, 1.82) is 0 Å². The van der Waals surface area contributed by atoms with E-state index < -0.39 is 11.4 Å². The van der Waals surface area contributed by atoms with Gasteiger partial charge in [-0.25, -0.2) is 0 Å². The number of carboxylic acid groups (broad SMARTS) is 1. The molecule has 2 fully saturated rings. The number of hydrogen-bond acceptors (Lipinski definition) is 3. The highest BCUT2D eigenvalue weighted by atomic mass is 16.5. The summed E-state index contributed by atoms with van der Waals surface area (Å²) in [6.07, 6.45) is 7.54. The van der Waals surface area contributed by atoms with Crippen molar-refractivity contribution in [1.82, 2.24) is 4.90 Å². The summed E-state index contributed by atoms with van der Waals surface area (Å²) >= 11 is 0. The van der Waals surface area contributed by atoms with E-state index in [1.807, 2.05) is 6.92 Å². The molecule has 0 spiro atoms. The summed E-state index contributed by atoms with van der Waals surface area (Å²) in [5, 5.41) is 9.54. The zero-order valence-electron chi connectivity index (χ0n) is 12.2. The molecule has 2 rings (SSSR count). The Morgan fingerprint density at radius 3 is 2.58 bits per heavy atom. The molecular weight excluding hydrogens is 242 g/mol. The summed E-state index contributed by atoms with van der Waals surface area (Å²) in [4.78, 5) is 14.0. The van der Waals surface area contributed by atoms with Crippen molar-refractivity contribution in [2.24, 2.45) is 5.41 Å². The van der Waals surface area contributed by atoms with Crippen LogP contribution in [0.4, 0.5) is 0 Å². The molecule has 4 nitrogen and oxygen atoms in total. The Hall–Kier alpha value is -0.610. The Morgan fingerprint density at radius 1 is 1.37 bits per heavy atom. The van der Waals surface area contributed by atoms with E-state index in [1.165, 1.54) is 0 Å². The summed E-state index contributed by atoms with van der Waals surface area (Å²) in [6.45, 7) is 3.82. The van der Waals surface area contributed by atoms with E-state index in [-0.39, 0.29) is 0 Å². The SMILES string of the molecule is CCC1(C(=O)O)CCCN(C2CCC(OC)CC2)C1. The van der Waals surface area contributed by atoms with Crippen molar-refractivity contribution in [3.63, 3.8) is 0 Å². The minimum atomic E-state index is -0.606. The highest BCUT2D eigenvalue weighted by molar-refractivity contribution is 5.75. The fourth-order valence-electron chi connectivity index (χ4n) is 3.74. The third kappa shape index (κ3) is 3.11. The first-order valence-electron chi connectivity index (χ1n) is 7.61. The van der Waals surface area contributed by atoms with Crippen LogP contribution in [0.15, 0.2) is 0 Å². The summed E-state index contributed by atoms with van der Waals surface area (Å²) in [5.74, 6) is -0.606.